The van der Waals surface area contributed by atoms with Crippen LogP contribution in [0.15, 0.2) is 18.2 Å². The minimum atomic E-state index is -0.509. The van der Waals surface area contributed by atoms with Crippen molar-refractivity contribution in [1.29, 1.82) is 0 Å². The predicted octanol–water partition coefficient (Wildman–Crippen LogP) is 1.57. The fourth-order valence-electron chi connectivity index (χ4n) is 2.39. The minimum absolute atomic E-state index is 0.111. The first kappa shape index (κ1) is 16.5. The summed E-state index contributed by atoms with van der Waals surface area (Å²) in [4.78, 5) is 40.2. The van der Waals surface area contributed by atoms with Gasteiger partial charge in [0.1, 0.15) is 6.54 Å². The van der Waals surface area contributed by atoms with Gasteiger partial charge in [0.05, 0.1) is 15.2 Å². The Bertz CT molecular complexity index is 846. The van der Waals surface area contributed by atoms with Crippen molar-refractivity contribution in [1.82, 2.24) is 15.2 Å². The van der Waals surface area contributed by atoms with Gasteiger partial charge in [-0.2, -0.15) is 0 Å². The number of hydrogen-bond acceptors (Lipinski definition) is 6. The van der Waals surface area contributed by atoms with Gasteiger partial charge >= 0.3 is 0 Å². The van der Waals surface area contributed by atoms with Crippen LogP contribution < -0.4 is 10.6 Å². The zero-order valence-corrected chi connectivity index (χ0v) is 14.4. The number of likely N-dealkylation sites (tertiary alicyclic amines) is 1. The largest absolute Gasteiger partial charge is 0.332 e. The first-order valence-electron chi connectivity index (χ1n) is 7.23. The van der Waals surface area contributed by atoms with E-state index in [-0.39, 0.29) is 36.3 Å². The van der Waals surface area contributed by atoms with Crippen molar-refractivity contribution < 1.29 is 14.4 Å². The number of thiocarbonyl (C=S) groups is 1. The molecule has 0 unspecified atom stereocenters. The number of hydrogen-bond donors (Lipinski definition) is 2. The van der Waals surface area contributed by atoms with Crippen LogP contribution in [0.25, 0.3) is 10.2 Å². The number of nitrogens with one attached hydrogen (secondary N) is 2. The monoisotopic (exact) mass is 362 g/mol. The molecule has 1 aromatic carbocycles. The molecule has 0 aliphatic carbocycles. The molecule has 0 atom stereocenters. The lowest BCUT2D eigenvalue weighted by Gasteiger charge is -2.14. The SMILES string of the molecule is Cc1nc2ccc(NC(=S)NC(=O)CN3C(=O)CCC3=O)cc2s1. The number of aryl methyl sites for hydroxylation is 1. The van der Waals surface area contributed by atoms with Gasteiger partial charge in [0.25, 0.3) is 0 Å². The fraction of sp³-hybridized carbons (Fsp3) is 0.267. The molecule has 124 valence electrons. The van der Waals surface area contributed by atoms with Crippen molar-refractivity contribution in [3.8, 4) is 0 Å². The number of carbonyl (C=O) groups excluding carboxylic acids is 3. The molecule has 1 aliphatic rings. The Kier molecular flexibility index (Phi) is 4.54. The van der Waals surface area contributed by atoms with E-state index in [0.29, 0.717) is 0 Å². The summed E-state index contributed by atoms with van der Waals surface area (Å²) < 4.78 is 1.01. The van der Waals surface area contributed by atoms with Crippen LogP contribution in [0.5, 0.6) is 0 Å². The van der Waals surface area contributed by atoms with Gasteiger partial charge in [-0.3, -0.25) is 19.3 Å². The number of amides is 3. The van der Waals surface area contributed by atoms with Crippen molar-refractivity contribution in [3.05, 3.63) is 23.2 Å². The van der Waals surface area contributed by atoms with Crippen molar-refractivity contribution in [2.45, 2.75) is 19.8 Å². The van der Waals surface area contributed by atoms with Crippen LogP contribution >= 0.6 is 23.6 Å². The van der Waals surface area contributed by atoms with E-state index in [1.54, 1.807) is 11.3 Å². The van der Waals surface area contributed by atoms with Gasteiger partial charge in [-0.05, 0) is 37.3 Å². The number of thiazole rings is 1. The Hall–Kier alpha value is -2.39. The van der Waals surface area contributed by atoms with Gasteiger partial charge in [-0.25, -0.2) is 4.98 Å². The summed E-state index contributed by atoms with van der Waals surface area (Å²) in [6.07, 6.45) is 0.312. The highest BCUT2D eigenvalue weighted by molar-refractivity contribution is 7.80. The predicted molar refractivity (Wildman–Crippen MR) is 94.7 cm³/mol. The number of aromatic nitrogens is 1. The van der Waals surface area contributed by atoms with E-state index in [1.807, 2.05) is 25.1 Å². The van der Waals surface area contributed by atoms with Crippen molar-refractivity contribution in [2.75, 3.05) is 11.9 Å². The van der Waals surface area contributed by atoms with Crippen LogP contribution in [0.2, 0.25) is 0 Å². The maximum absolute atomic E-state index is 11.9. The van der Waals surface area contributed by atoms with E-state index in [9.17, 15) is 14.4 Å². The zero-order valence-electron chi connectivity index (χ0n) is 12.8. The van der Waals surface area contributed by atoms with Crippen LogP contribution in [0.3, 0.4) is 0 Å². The fourth-order valence-corrected chi connectivity index (χ4v) is 3.49. The first-order valence-corrected chi connectivity index (χ1v) is 8.46. The molecular formula is C15H14N4O3S2. The van der Waals surface area contributed by atoms with Crippen LogP contribution in [-0.4, -0.2) is 39.3 Å². The Labute approximate surface area is 147 Å². The van der Waals surface area contributed by atoms with Crippen LogP contribution in [0.1, 0.15) is 17.8 Å². The molecule has 3 rings (SSSR count). The summed E-state index contributed by atoms with van der Waals surface area (Å²) in [6, 6.07) is 5.58. The summed E-state index contributed by atoms with van der Waals surface area (Å²) in [5, 5.41) is 6.47. The second-order valence-corrected chi connectivity index (χ2v) is 6.93. The van der Waals surface area contributed by atoms with E-state index in [0.717, 1.165) is 25.8 Å². The molecule has 0 radical (unpaired) electrons. The molecule has 2 aromatic rings. The standard InChI is InChI=1S/C15H14N4O3S2/c1-8-16-10-3-2-9(6-11(10)24-8)17-15(23)18-12(20)7-19-13(21)4-5-14(19)22/h2-3,6H,4-5,7H2,1H3,(H2,17,18,20,23). The Morgan fingerprint density at radius 3 is 2.75 bits per heavy atom. The van der Waals surface area contributed by atoms with Crippen molar-refractivity contribution in [3.63, 3.8) is 0 Å². The van der Waals surface area contributed by atoms with Crippen LogP contribution in [-0.2, 0) is 14.4 Å². The average Bonchev–Trinajstić information content (AvgIpc) is 3.02. The molecule has 0 bridgehead atoms. The number of benzene rings is 1. The van der Waals surface area contributed by atoms with E-state index in [2.05, 4.69) is 15.6 Å². The zero-order chi connectivity index (χ0) is 17.3. The highest BCUT2D eigenvalue weighted by Gasteiger charge is 2.30. The molecule has 1 aliphatic heterocycles. The lowest BCUT2D eigenvalue weighted by molar-refractivity contribution is -0.142. The molecule has 2 N–H and O–H groups in total. The molecule has 1 aromatic heterocycles. The number of imide groups is 1. The summed E-state index contributed by atoms with van der Waals surface area (Å²) >= 11 is 6.66. The molecule has 1 saturated heterocycles. The van der Waals surface area contributed by atoms with E-state index in [1.165, 1.54) is 0 Å². The topological polar surface area (TPSA) is 91.4 Å². The van der Waals surface area contributed by atoms with E-state index < -0.39 is 5.91 Å². The van der Waals surface area contributed by atoms with Gasteiger partial charge in [0, 0.05) is 18.5 Å². The molecule has 2 heterocycles. The Morgan fingerprint density at radius 1 is 1.33 bits per heavy atom. The van der Waals surface area contributed by atoms with Crippen molar-refractivity contribution >= 4 is 62.3 Å². The van der Waals surface area contributed by atoms with E-state index >= 15 is 0 Å². The van der Waals surface area contributed by atoms with Gasteiger partial charge in [0.2, 0.25) is 17.7 Å². The quantitative estimate of drug-likeness (QED) is 0.636. The summed E-state index contributed by atoms with van der Waals surface area (Å²) in [7, 11) is 0. The Morgan fingerprint density at radius 2 is 2.04 bits per heavy atom. The second-order valence-electron chi connectivity index (χ2n) is 5.29. The van der Waals surface area contributed by atoms with Gasteiger partial charge in [-0.1, -0.05) is 0 Å². The molecule has 1 fully saturated rings. The molecule has 7 nitrogen and oxygen atoms in total. The molecule has 3 amide bonds. The third-order valence-electron chi connectivity index (χ3n) is 3.46. The van der Waals surface area contributed by atoms with Gasteiger partial charge < -0.3 is 10.6 Å². The first-order chi connectivity index (χ1) is 11.4. The third kappa shape index (κ3) is 3.57. The number of rotatable bonds is 3. The maximum atomic E-state index is 11.9. The molecule has 24 heavy (non-hydrogen) atoms. The minimum Gasteiger partial charge on any atom is -0.332 e. The van der Waals surface area contributed by atoms with E-state index in [4.69, 9.17) is 12.2 Å². The number of anilines is 1. The summed E-state index contributed by atoms with van der Waals surface area (Å²) in [6.45, 7) is 1.62. The molecule has 0 spiro atoms. The highest BCUT2D eigenvalue weighted by Crippen LogP contribution is 2.24. The number of nitrogens with zero attached hydrogens (tertiary/aromatic N) is 2. The lowest BCUT2D eigenvalue weighted by atomic mass is 10.3. The number of carbonyl (C=O) groups is 3. The smallest absolute Gasteiger partial charge is 0.246 e. The summed E-state index contributed by atoms with van der Waals surface area (Å²) in [5.74, 6) is -1.18. The lowest BCUT2D eigenvalue weighted by Crippen LogP contribution is -2.43. The third-order valence-corrected chi connectivity index (χ3v) is 4.60. The Balaban J connectivity index is 1.58. The number of fused-ring (bicyclic) bond motifs is 1. The van der Waals surface area contributed by atoms with Crippen LogP contribution in [0.4, 0.5) is 5.69 Å². The second kappa shape index (κ2) is 6.62. The molecule has 0 saturated carbocycles. The van der Waals surface area contributed by atoms with Crippen LogP contribution in [0, 0.1) is 6.92 Å². The normalized spacial score (nSPS) is 14.3. The molecular weight excluding hydrogens is 348 g/mol. The average molecular weight is 362 g/mol. The van der Waals surface area contributed by atoms with Crippen molar-refractivity contribution in [2.24, 2.45) is 0 Å². The highest BCUT2D eigenvalue weighted by atomic mass is 32.1. The molecule has 9 heteroatoms. The summed E-state index contributed by atoms with van der Waals surface area (Å²) in [5.41, 5.74) is 1.63. The maximum Gasteiger partial charge on any atom is 0.246 e. The van der Waals surface area contributed by atoms with Gasteiger partial charge in [0.15, 0.2) is 5.11 Å². The van der Waals surface area contributed by atoms with Gasteiger partial charge in [-0.15, -0.1) is 11.3 Å².